The minimum Gasteiger partial charge on any atom is -0.170 e. The van der Waals surface area contributed by atoms with E-state index >= 15 is 0 Å². The normalized spacial score (nSPS) is 33.2. The number of rotatable bonds is 0. The highest BCUT2D eigenvalue weighted by Gasteiger charge is 2.86. The van der Waals surface area contributed by atoms with Crippen molar-refractivity contribution in [1.82, 2.24) is 0 Å². The van der Waals surface area contributed by atoms with Gasteiger partial charge in [-0.3, -0.25) is 0 Å². The summed E-state index contributed by atoms with van der Waals surface area (Å²) in [6.45, 7) is 1.96. The molecular weight excluding hydrogens is 198 g/mol. The molecule has 0 aromatic carbocycles. The minimum absolute atomic E-state index is 0.978. The Hall–Kier alpha value is -0.420. The Bertz CT molecular complexity index is 188. The first-order valence-corrected chi connectivity index (χ1v) is 3.70. The van der Waals surface area contributed by atoms with Gasteiger partial charge in [0.1, 0.15) is 0 Å². The maximum Gasteiger partial charge on any atom is 0.403 e. The predicted molar refractivity (Wildman–Crippen MR) is 32.9 cm³/mol. The Morgan fingerprint density at radius 2 is 1.00 bits per heavy atom. The van der Waals surface area contributed by atoms with E-state index in [1.165, 1.54) is 0 Å². The SMILES string of the molecule is CC1C(C)C1(C(F)(F)F)C(F)(F)F. The molecule has 0 aromatic rings. The number of halogens is 6. The van der Waals surface area contributed by atoms with E-state index in [2.05, 4.69) is 0 Å². The molecule has 0 aromatic heterocycles. The molecule has 13 heavy (non-hydrogen) atoms. The lowest BCUT2D eigenvalue weighted by molar-refractivity contribution is -0.309. The molecule has 1 aliphatic rings. The van der Waals surface area contributed by atoms with Gasteiger partial charge in [0.25, 0.3) is 0 Å². The van der Waals surface area contributed by atoms with Crippen LogP contribution < -0.4 is 0 Å². The third-order valence-corrected chi connectivity index (χ3v) is 3.02. The van der Waals surface area contributed by atoms with Gasteiger partial charge in [0.2, 0.25) is 0 Å². The fraction of sp³-hybridized carbons (Fsp3) is 1.00. The van der Waals surface area contributed by atoms with E-state index in [0.717, 1.165) is 13.8 Å². The fourth-order valence-corrected chi connectivity index (χ4v) is 1.97. The molecule has 0 saturated heterocycles. The summed E-state index contributed by atoms with van der Waals surface area (Å²) in [6, 6.07) is 0. The molecule has 78 valence electrons. The van der Waals surface area contributed by atoms with Crippen LogP contribution in [-0.2, 0) is 0 Å². The van der Waals surface area contributed by atoms with Crippen LogP contribution in [0, 0.1) is 17.3 Å². The Morgan fingerprint density at radius 1 is 0.769 bits per heavy atom. The summed E-state index contributed by atoms with van der Waals surface area (Å²) in [5.41, 5.74) is -3.46. The molecule has 2 unspecified atom stereocenters. The summed E-state index contributed by atoms with van der Waals surface area (Å²) in [4.78, 5) is 0. The van der Waals surface area contributed by atoms with Gasteiger partial charge in [0.05, 0.1) is 0 Å². The summed E-state index contributed by atoms with van der Waals surface area (Å²) >= 11 is 0. The van der Waals surface area contributed by atoms with Gasteiger partial charge in [-0.25, -0.2) is 0 Å². The van der Waals surface area contributed by atoms with Crippen LogP contribution in [0.15, 0.2) is 0 Å². The van der Waals surface area contributed by atoms with E-state index in [4.69, 9.17) is 0 Å². The molecule has 0 aliphatic heterocycles. The Labute approximate surface area is 70.9 Å². The summed E-state index contributed by atoms with van der Waals surface area (Å²) in [7, 11) is 0. The van der Waals surface area contributed by atoms with E-state index in [1.54, 1.807) is 0 Å². The van der Waals surface area contributed by atoms with E-state index < -0.39 is 29.6 Å². The summed E-state index contributed by atoms with van der Waals surface area (Å²) in [5.74, 6) is -2.74. The van der Waals surface area contributed by atoms with Crippen LogP contribution in [0.1, 0.15) is 13.8 Å². The molecule has 1 rings (SSSR count). The van der Waals surface area contributed by atoms with E-state index in [9.17, 15) is 26.3 Å². The Kier molecular flexibility index (Phi) is 1.91. The lowest BCUT2D eigenvalue weighted by Gasteiger charge is -2.24. The molecule has 1 fully saturated rings. The first-order chi connectivity index (χ1) is 5.57. The zero-order valence-electron chi connectivity index (χ0n) is 6.92. The summed E-state index contributed by atoms with van der Waals surface area (Å²) in [5, 5.41) is 0. The maximum absolute atomic E-state index is 12.2. The van der Waals surface area contributed by atoms with Crippen LogP contribution in [0.25, 0.3) is 0 Å². The highest BCUT2D eigenvalue weighted by Crippen LogP contribution is 2.73. The number of hydrogen-bond acceptors (Lipinski definition) is 0. The van der Waals surface area contributed by atoms with Crippen molar-refractivity contribution < 1.29 is 26.3 Å². The standard InChI is InChI=1S/C7H8F6/c1-3-4(2)5(3,6(8,9)10)7(11,12)13/h3-4H,1-2H3. The van der Waals surface area contributed by atoms with Crippen molar-refractivity contribution in [2.24, 2.45) is 17.3 Å². The number of hydrogen-bond donors (Lipinski definition) is 0. The molecule has 0 bridgehead atoms. The Balaban J connectivity index is 3.09. The highest BCUT2D eigenvalue weighted by molar-refractivity contribution is 5.14. The first-order valence-electron chi connectivity index (χ1n) is 3.70. The van der Waals surface area contributed by atoms with Gasteiger partial charge in [0, 0.05) is 0 Å². The quantitative estimate of drug-likeness (QED) is 0.533. The second-order valence-electron chi connectivity index (χ2n) is 3.44. The van der Waals surface area contributed by atoms with Gasteiger partial charge in [-0.1, -0.05) is 13.8 Å². The highest BCUT2D eigenvalue weighted by atomic mass is 19.4. The molecule has 0 heterocycles. The van der Waals surface area contributed by atoms with Gasteiger partial charge in [-0.15, -0.1) is 0 Å². The summed E-state index contributed by atoms with van der Waals surface area (Å²) < 4.78 is 73.0. The molecule has 2 atom stereocenters. The van der Waals surface area contributed by atoms with Crippen LogP contribution in [0.4, 0.5) is 26.3 Å². The zero-order chi connectivity index (χ0) is 10.7. The van der Waals surface area contributed by atoms with Crippen LogP contribution in [0.5, 0.6) is 0 Å². The average Bonchev–Trinajstić information content (AvgIpc) is 2.32. The predicted octanol–water partition coefficient (Wildman–Crippen LogP) is 3.38. The van der Waals surface area contributed by atoms with Crippen molar-refractivity contribution in [3.05, 3.63) is 0 Å². The van der Waals surface area contributed by atoms with Gasteiger partial charge < -0.3 is 0 Å². The van der Waals surface area contributed by atoms with Crippen molar-refractivity contribution in [1.29, 1.82) is 0 Å². The third-order valence-electron chi connectivity index (χ3n) is 3.02. The average molecular weight is 206 g/mol. The van der Waals surface area contributed by atoms with Crippen LogP contribution >= 0.6 is 0 Å². The van der Waals surface area contributed by atoms with E-state index in [1.807, 2.05) is 0 Å². The molecule has 0 nitrogen and oxygen atoms in total. The molecule has 0 spiro atoms. The van der Waals surface area contributed by atoms with Gasteiger partial charge in [0.15, 0.2) is 5.41 Å². The van der Waals surface area contributed by atoms with Crippen molar-refractivity contribution in [3.8, 4) is 0 Å². The van der Waals surface area contributed by atoms with Crippen molar-refractivity contribution in [3.63, 3.8) is 0 Å². The lowest BCUT2D eigenvalue weighted by atomic mass is 10.0. The zero-order valence-corrected chi connectivity index (χ0v) is 6.92. The Morgan fingerprint density at radius 3 is 1.00 bits per heavy atom. The molecular formula is C7H8F6. The third kappa shape index (κ3) is 1.07. The van der Waals surface area contributed by atoms with Crippen LogP contribution in [0.2, 0.25) is 0 Å². The molecule has 1 saturated carbocycles. The maximum atomic E-state index is 12.2. The van der Waals surface area contributed by atoms with Crippen LogP contribution in [0.3, 0.4) is 0 Å². The summed E-state index contributed by atoms with van der Waals surface area (Å²) in [6.07, 6.45) is -10.4. The topological polar surface area (TPSA) is 0 Å². The second-order valence-corrected chi connectivity index (χ2v) is 3.44. The molecule has 1 aliphatic carbocycles. The van der Waals surface area contributed by atoms with Gasteiger partial charge in [-0.2, -0.15) is 26.3 Å². The molecule has 0 N–H and O–H groups in total. The van der Waals surface area contributed by atoms with Crippen molar-refractivity contribution in [2.45, 2.75) is 26.2 Å². The van der Waals surface area contributed by atoms with Crippen molar-refractivity contribution in [2.75, 3.05) is 0 Å². The monoisotopic (exact) mass is 206 g/mol. The minimum atomic E-state index is -5.19. The number of alkyl halides is 6. The second kappa shape index (κ2) is 2.33. The van der Waals surface area contributed by atoms with E-state index in [0.29, 0.717) is 0 Å². The van der Waals surface area contributed by atoms with E-state index in [-0.39, 0.29) is 0 Å². The molecule has 6 heteroatoms. The largest absolute Gasteiger partial charge is 0.403 e. The van der Waals surface area contributed by atoms with Gasteiger partial charge >= 0.3 is 12.4 Å². The smallest absolute Gasteiger partial charge is 0.170 e. The fourth-order valence-electron chi connectivity index (χ4n) is 1.97. The molecule has 0 amide bonds. The van der Waals surface area contributed by atoms with Gasteiger partial charge in [-0.05, 0) is 11.8 Å². The van der Waals surface area contributed by atoms with Crippen LogP contribution in [-0.4, -0.2) is 12.4 Å². The lowest BCUT2D eigenvalue weighted by Crippen LogP contribution is -2.41. The van der Waals surface area contributed by atoms with Crippen molar-refractivity contribution >= 4 is 0 Å². The molecule has 0 radical (unpaired) electrons. The first kappa shape index (κ1) is 10.7.